The highest BCUT2D eigenvalue weighted by Gasteiger charge is 2.42. The quantitative estimate of drug-likeness (QED) is 0.879. The van der Waals surface area contributed by atoms with Gasteiger partial charge in [-0.15, -0.1) is 0 Å². The van der Waals surface area contributed by atoms with Crippen molar-refractivity contribution in [1.29, 1.82) is 0 Å². The van der Waals surface area contributed by atoms with E-state index in [0.717, 1.165) is 30.6 Å². The Balaban J connectivity index is 1.94. The summed E-state index contributed by atoms with van der Waals surface area (Å²) in [7, 11) is 1.71. The maximum absolute atomic E-state index is 11.4. The number of rotatable bonds is 6. The van der Waals surface area contributed by atoms with Crippen LogP contribution < -0.4 is 0 Å². The van der Waals surface area contributed by atoms with Gasteiger partial charge in [-0.05, 0) is 36.8 Å². The first-order chi connectivity index (χ1) is 9.65. The van der Waals surface area contributed by atoms with E-state index in [1.165, 1.54) is 12.8 Å². The standard InChI is InChI=1S/C15H18N2O3/c1-20-8-7-15(5-6-15)9-17-10-16-12-4-2-3-11(13(12)17)14(18)19/h2-4,10H,5-9H2,1H3,(H,18,19). The molecule has 1 aromatic heterocycles. The lowest BCUT2D eigenvalue weighted by Gasteiger charge is -2.16. The van der Waals surface area contributed by atoms with Crippen molar-refractivity contribution in [3.8, 4) is 0 Å². The van der Waals surface area contributed by atoms with Gasteiger partial charge in [-0.2, -0.15) is 0 Å². The van der Waals surface area contributed by atoms with Crippen molar-refractivity contribution in [2.45, 2.75) is 25.8 Å². The van der Waals surface area contributed by atoms with Crippen LogP contribution in [0.4, 0.5) is 0 Å². The highest BCUT2D eigenvalue weighted by molar-refractivity contribution is 6.01. The summed E-state index contributed by atoms with van der Waals surface area (Å²) < 4.78 is 7.15. The Bertz CT molecular complexity index is 644. The van der Waals surface area contributed by atoms with Gasteiger partial charge in [-0.25, -0.2) is 9.78 Å². The van der Waals surface area contributed by atoms with Gasteiger partial charge in [-0.3, -0.25) is 0 Å². The van der Waals surface area contributed by atoms with Gasteiger partial charge in [-0.1, -0.05) is 6.07 Å². The SMILES string of the molecule is COCCC1(Cn2cnc3cccc(C(=O)O)c32)CC1. The number of hydrogen-bond acceptors (Lipinski definition) is 3. The lowest BCUT2D eigenvalue weighted by molar-refractivity contribution is 0.0698. The van der Waals surface area contributed by atoms with Crippen molar-refractivity contribution in [3.05, 3.63) is 30.1 Å². The molecule has 1 aliphatic rings. The number of benzene rings is 1. The zero-order chi connectivity index (χ0) is 14.2. The molecular formula is C15H18N2O3. The molecule has 0 amide bonds. The van der Waals surface area contributed by atoms with Crippen LogP contribution in [0.2, 0.25) is 0 Å². The second kappa shape index (κ2) is 4.90. The molecule has 1 aromatic carbocycles. The monoisotopic (exact) mass is 274 g/mol. The van der Waals surface area contributed by atoms with Gasteiger partial charge in [0.1, 0.15) is 0 Å². The maximum Gasteiger partial charge on any atom is 0.337 e. The number of aromatic nitrogens is 2. The number of para-hydroxylation sites is 1. The topological polar surface area (TPSA) is 64.4 Å². The molecule has 1 N–H and O–H groups in total. The van der Waals surface area contributed by atoms with Crippen molar-refractivity contribution in [2.75, 3.05) is 13.7 Å². The number of nitrogens with zero attached hydrogens (tertiary/aromatic N) is 2. The lowest BCUT2D eigenvalue weighted by Crippen LogP contribution is -2.14. The average molecular weight is 274 g/mol. The van der Waals surface area contributed by atoms with E-state index >= 15 is 0 Å². The van der Waals surface area contributed by atoms with E-state index in [1.807, 2.05) is 10.6 Å². The van der Waals surface area contributed by atoms with Crippen molar-refractivity contribution in [2.24, 2.45) is 5.41 Å². The van der Waals surface area contributed by atoms with Crippen LogP contribution in [0.15, 0.2) is 24.5 Å². The summed E-state index contributed by atoms with van der Waals surface area (Å²) in [6.07, 6.45) is 5.11. The van der Waals surface area contributed by atoms with E-state index in [4.69, 9.17) is 4.74 Å². The normalized spacial score (nSPS) is 16.4. The number of ether oxygens (including phenoxy) is 1. The number of carboxylic acids is 1. The Morgan fingerprint density at radius 2 is 2.30 bits per heavy atom. The Morgan fingerprint density at radius 1 is 1.50 bits per heavy atom. The zero-order valence-electron chi connectivity index (χ0n) is 11.5. The van der Waals surface area contributed by atoms with Gasteiger partial charge in [0.25, 0.3) is 0 Å². The fraction of sp³-hybridized carbons (Fsp3) is 0.467. The Labute approximate surface area is 117 Å². The predicted octanol–water partition coefficient (Wildman–Crippen LogP) is 2.55. The molecule has 20 heavy (non-hydrogen) atoms. The molecule has 1 fully saturated rings. The Kier molecular flexibility index (Phi) is 3.22. The third kappa shape index (κ3) is 2.29. The third-order valence-corrected chi connectivity index (χ3v) is 4.17. The molecule has 1 saturated carbocycles. The summed E-state index contributed by atoms with van der Waals surface area (Å²) in [5, 5.41) is 9.32. The molecule has 0 aliphatic heterocycles. The van der Waals surface area contributed by atoms with Crippen LogP contribution in [0.3, 0.4) is 0 Å². The van der Waals surface area contributed by atoms with E-state index in [-0.39, 0.29) is 5.41 Å². The molecule has 2 aromatic rings. The predicted molar refractivity (Wildman–Crippen MR) is 74.9 cm³/mol. The average Bonchev–Trinajstić information content (AvgIpc) is 3.09. The van der Waals surface area contributed by atoms with Crippen LogP contribution in [-0.2, 0) is 11.3 Å². The summed E-state index contributed by atoms with van der Waals surface area (Å²) in [5.74, 6) is -0.904. The van der Waals surface area contributed by atoms with Gasteiger partial charge < -0.3 is 14.4 Å². The highest BCUT2D eigenvalue weighted by atomic mass is 16.5. The van der Waals surface area contributed by atoms with E-state index < -0.39 is 5.97 Å². The minimum absolute atomic E-state index is 0.259. The first-order valence-electron chi connectivity index (χ1n) is 6.81. The maximum atomic E-state index is 11.4. The molecule has 3 rings (SSSR count). The van der Waals surface area contributed by atoms with Gasteiger partial charge in [0.15, 0.2) is 0 Å². The molecule has 106 valence electrons. The third-order valence-electron chi connectivity index (χ3n) is 4.17. The van der Waals surface area contributed by atoms with Crippen molar-refractivity contribution in [3.63, 3.8) is 0 Å². The number of hydrogen-bond donors (Lipinski definition) is 1. The van der Waals surface area contributed by atoms with E-state index in [9.17, 15) is 9.90 Å². The van der Waals surface area contributed by atoms with Gasteiger partial charge in [0.2, 0.25) is 0 Å². The number of methoxy groups -OCH3 is 1. The van der Waals surface area contributed by atoms with E-state index in [0.29, 0.717) is 5.56 Å². The minimum atomic E-state index is -0.904. The van der Waals surface area contributed by atoms with Crippen LogP contribution in [0.5, 0.6) is 0 Å². The first kappa shape index (κ1) is 13.1. The summed E-state index contributed by atoms with van der Waals surface area (Å²) in [5.41, 5.74) is 2.05. The second-order valence-electron chi connectivity index (χ2n) is 5.59. The summed E-state index contributed by atoms with van der Waals surface area (Å²) in [6, 6.07) is 5.23. The number of carboxylic acid groups (broad SMARTS) is 1. The van der Waals surface area contributed by atoms with Crippen LogP contribution in [0.1, 0.15) is 29.6 Å². The fourth-order valence-electron chi connectivity index (χ4n) is 2.76. The highest BCUT2D eigenvalue weighted by Crippen LogP contribution is 2.50. The molecule has 5 heteroatoms. The molecule has 0 bridgehead atoms. The molecule has 0 unspecified atom stereocenters. The van der Waals surface area contributed by atoms with Gasteiger partial charge >= 0.3 is 5.97 Å². The Hall–Kier alpha value is -1.88. The molecule has 1 heterocycles. The summed E-state index contributed by atoms with van der Waals surface area (Å²) >= 11 is 0. The van der Waals surface area contributed by atoms with Crippen molar-refractivity contribution in [1.82, 2.24) is 9.55 Å². The van der Waals surface area contributed by atoms with E-state index in [1.54, 1.807) is 25.6 Å². The smallest absolute Gasteiger partial charge is 0.337 e. The molecule has 5 nitrogen and oxygen atoms in total. The summed E-state index contributed by atoms with van der Waals surface area (Å²) in [6.45, 7) is 1.57. The molecule has 0 saturated heterocycles. The van der Waals surface area contributed by atoms with Crippen molar-refractivity contribution < 1.29 is 14.6 Å². The van der Waals surface area contributed by atoms with Crippen LogP contribution in [-0.4, -0.2) is 34.3 Å². The van der Waals surface area contributed by atoms with Gasteiger partial charge in [0, 0.05) is 20.3 Å². The lowest BCUT2D eigenvalue weighted by atomic mass is 10.0. The Morgan fingerprint density at radius 3 is 2.95 bits per heavy atom. The first-order valence-corrected chi connectivity index (χ1v) is 6.81. The molecule has 0 atom stereocenters. The van der Waals surface area contributed by atoms with Crippen LogP contribution >= 0.6 is 0 Å². The molecular weight excluding hydrogens is 256 g/mol. The second-order valence-corrected chi connectivity index (χ2v) is 5.59. The molecule has 1 aliphatic carbocycles. The number of carbonyl (C=O) groups is 1. The molecule has 0 radical (unpaired) electrons. The summed E-state index contributed by atoms with van der Waals surface area (Å²) in [4.78, 5) is 15.7. The fourth-order valence-corrected chi connectivity index (χ4v) is 2.76. The van der Waals surface area contributed by atoms with Gasteiger partial charge in [0.05, 0.1) is 22.9 Å². The minimum Gasteiger partial charge on any atom is -0.478 e. The largest absolute Gasteiger partial charge is 0.478 e. The van der Waals surface area contributed by atoms with E-state index in [2.05, 4.69) is 4.98 Å². The zero-order valence-corrected chi connectivity index (χ0v) is 11.5. The number of aromatic carboxylic acids is 1. The van der Waals surface area contributed by atoms with Crippen LogP contribution in [0.25, 0.3) is 11.0 Å². The van der Waals surface area contributed by atoms with Crippen molar-refractivity contribution >= 4 is 17.0 Å². The number of fused-ring (bicyclic) bond motifs is 1. The number of imidazole rings is 1. The molecule has 0 spiro atoms. The van der Waals surface area contributed by atoms with Crippen LogP contribution in [0, 0.1) is 5.41 Å².